The van der Waals surface area contributed by atoms with Crippen molar-refractivity contribution in [1.82, 2.24) is 0 Å². The summed E-state index contributed by atoms with van der Waals surface area (Å²) >= 11 is -6.71. The van der Waals surface area contributed by atoms with Crippen molar-refractivity contribution in [3.8, 4) is 0 Å². The summed E-state index contributed by atoms with van der Waals surface area (Å²) in [5.41, 5.74) is 0. The molecular weight excluding hydrogens is 766 g/mol. The van der Waals surface area contributed by atoms with Crippen molar-refractivity contribution >= 4 is 38.4 Å². The van der Waals surface area contributed by atoms with Crippen molar-refractivity contribution < 1.29 is 7.56 Å². The topological polar surface area (TPSA) is 27.7 Å². The molecule has 0 aromatic heterocycles. The quantitative estimate of drug-likeness (QED) is 0.0457. The first-order chi connectivity index (χ1) is 22.1. The molecule has 0 saturated carbocycles. The molecule has 0 spiro atoms. The second kappa shape index (κ2) is 35.3. The zero-order chi connectivity index (χ0) is 33.2. The molecule has 0 bridgehead atoms. The van der Waals surface area contributed by atoms with E-state index < -0.39 is 38.4 Å². The third-order valence-electron chi connectivity index (χ3n) is 9.81. The van der Waals surface area contributed by atoms with Crippen LogP contribution in [-0.2, 0) is 7.56 Å². The maximum absolute atomic E-state index is 8.01. The van der Waals surface area contributed by atoms with Gasteiger partial charge in [0.25, 0.3) is 0 Å². The summed E-state index contributed by atoms with van der Waals surface area (Å²) in [7, 11) is 0. The minimum atomic E-state index is -3.71. The Morgan fingerprint density at radius 2 is 0.556 bits per heavy atom. The Morgan fingerprint density at radius 3 is 0.867 bits per heavy atom. The third-order valence-corrected chi connectivity index (χ3v) is 43.4. The fourth-order valence-corrected chi connectivity index (χ4v) is 48.2. The van der Waals surface area contributed by atoms with Gasteiger partial charge in [-0.15, -0.1) is 0 Å². The van der Waals surface area contributed by atoms with E-state index in [1.54, 1.807) is 0 Å². The Morgan fingerprint density at radius 1 is 0.289 bits per heavy atom. The zero-order valence-electron chi connectivity index (χ0n) is 32.3. The molecular formula is C40H86O3Sn2. The molecule has 0 aliphatic carbocycles. The number of rotatable bonds is 38. The number of hydrogen-bond donors (Lipinski definition) is 0. The van der Waals surface area contributed by atoms with Crippen molar-refractivity contribution in [2.75, 3.05) is 13.2 Å². The molecule has 0 unspecified atom stereocenters. The molecule has 0 rings (SSSR count). The van der Waals surface area contributed by atoms with Gasteiger partial charge in [-0.1, -0.05) is 0 Å². The summed E-state index contributed by atoms with van der Waals surface area (Å²) in [6.45, 7) is 15.7. The van der Waals surface area contributed by atoms with Crippen molar-refractivity contribution in [2.24, 2.45) is 0 Å². The molecule has 0 N–H and O–H groups in total. The standard InChI is InChI=1S/4C8H17.2C4H9O.O.2Sn/c4*1-3-5-7-8-6-4-2;2*1-2-3-4-5;;;/h4*1,3-8H2,2H3;2*2-4H2,1H3;;;/q;;;;2*-1;;;+2. The van der Waals surface area contributed by atoms with Crippen LogP contribution < -0.4 is 0 Å². The zero-order valence-corrected chi connectivity index (χ0v) is 38.0. The molecule has 5 heteroatoms. The molecule has 0 heterocycles. The van der Waals surface area contributed by atoms with Crippen LogP contribution in [0.3, 0.4) is 0 Å². The van der Waals surface area contributed by atoms with Crippen LogP contribution in [0, 0.1) is 0 Å². The van der Waals surface area contributed by atoms with E-state index >= 15 is 0 Å². The average molecular weight is 853 g/mol. The first-order valence-corrected chi connectivity index (χ1v) is 33.8. The van der Waals surface area contributed by atoms with E-state index in [0.29, 0.717) is 0 Å². The summed E-state index contributed by atoms with van der Waals surface area (Å²) in [5, 5.41) is 0. The normalized spacial score (nSPS) is 12.4. The Labute approximate surface area is 296 Å². The summed E-state index contributed by atoms with van der Waals surface area (Å²) in [4.78, 5) is 0. The van der Waals surface area contributed by atoms with Crippen molar-refractivity contribution in [1.29, 1.82) is 0 Å². The Kier molecular flexibility index (Phi) is 36.5. The molecule has 0 fully saturated rings. The van der Waals surface area contributed by atoms with Gasteiger partial charge >= 0.3 is 298 Å². The van der Waals surface area contributed by atoms with Crippen LogP contribution in [0.25, 0.3) is 0 Å². The summed E-state index contributed by atoms with van der Waals surface area (Å²) in [6, 6.07) is 0. The first-order valence-electron chi connectivity index (χ1n) is 21.1. The molecule has 0 saturated heterocycles. The van der Waals surface area contributed by atoms with Gasteiger partial charge < -0.3 is 0 Å². The van der Waals surface area contributed by atoms with Crippen LogP contribution in [-0.4, -0.2) is 51.6 Å². The van der Waals surface area contributed by atoms with Gasteiger partial charge in [0.1, 0.15) is 0 Å². The third kappa shape index (κ3) is 27.9. The van der Waals surface area contributed by atoms with Crippen LogP contribution >= 0.6 is 0 Å². The molecule has 0 radical (unpaired) electrons. The van der Waals surface area contributed by atoms with Gasteiger partial charge in [0, 0.05) is 0 Å². The van der Waals surface area contributed by atoms with Crippen molar-refractivity contribution in [3.05, 3.63) is 0 Å². The predicted octanol–water partition coefficient (Wildman–Crippen LogP) is 15.0. The summed E-state index contributed by atoms with van der Waals surface area (Å²) in [5.74, 6) is 0. The monoisotopic (exact) mass is 854 g/mol. The fraction of sp³-hybridized carbons (Fsp3) is 1.00. The molecule has 0 atom stereocenters. The van der Waals surface area contributed by atoms with Crippen LogP contribution in [0.5, 0.6) is 0 Å². The van der Waals surface area contributed by atoms with E-state index in [2.05, 4.69) is 41.5 Å². The Bertz CT molecular complexity index is 523. The second-order valence-electron chi connectivity index (χ2n) is 14.4. The van der Waals surface area contributed by atoms with E-state index in [0.717, 1.165) is 30.5 Å². The van der Waals surface area contributed by atoms with Crippen LogP contribution in [0.1, 0.15) is 221 Å². The molecule has 45 heavy (non-hydrogen) atoms. The summed E-state index contributed by atoms with van der Waals surface area (Å²) < 4.78 is 27.6. The van der Waals surface area contributed by atoms with Crippen LogP contribution in [0.15, 0.2) is 0 Å². The molecule has 0 aliphatic heterocycles. The van der Waals surface area contributed by atoms with E-state index in [-0.39, 0.29) is 0 Å². The molecule has 272 valence electrons. The molecule has 0 aliphatic rings. The van der Waals surface area contributed by atoms with Crippen LogP contribution in [0.2, 0.25) is 17.7 Å². The van der Waals surface area contributed by atoms with Gasteiger partial charge in [-0.05, 0) is 0 Å². The number of unbranched alkanes of at least 4 members (excludes halogenated alkanes) is 22. The maximum atomic E-state index is 8.01. The van der Waals surface area contributed by atoms with Crippen molar-refractivity contribution in [3.63, 3.8) is 0 Å². The molecule has 0 aromatic carbocycles. The van der Waals surface area contributed by atoms with E-state index in [4.69, 9.17) is 7.56 Å². The molecule has 0 amide bonds. The fourth-order valence-electron chi connectivity index (χ4n) is 6.70. The van der Waals surface area contributed by atoms with Gasteiger partial charge in [-0.25, -0.2) is 0 Å². The second-order valence-corrected chi connectivity index (χ2v) is 36.9. The predicted molar refractivity (Wildman–Crippen MR) is 207 cm³/mol. The Hall–Kier alpha value is 1.48. The van der Waals surface area contributed by atoms with Crippen LogP contribution in [0.4, 0.5) is 0 Å². The molecule has 3 nitrogen and oxygen atoms in total. The summed E-state index contributed by atoms with van der Waals surface area (Å²) in [6.07, 6.45) is 37.8. The SMILES string of the molecule is CCCCCCC[CH2][Sn]([CH2]CCCCCCC)([CH2]CCCCCCC)[O][Sn]([CH2]CCCCCCC)([O]CCCC)[O]CCCC. The van der Waals surface area contributed by atoms with Gasteiger partial charge in [0.05, 0.1) is 0 Å². The van der Waals surface area contributed by atoms with Gasteiger partial charge in [0.2, 0.25) is 0 Å². The van der Waals surface area contributed by atoms with E-state index in [1.165, 1.54) is 180 Å². The van der Waals surface area contributed by atoms with Gasteiger partial charge in [-0.3, -0.25) is 0 Å². The average Bonchev–Trinajstić information content (AvgIpc) is 3.04. The van der Waals surface area contributed by atoms with Gasteiger partial charge in [-0.2, -0.15) is 0 Å². The van der Waals surface area contributed by atoms with Gasteiger partial charge in [0.15, 0.2) is 0 Å². The Balaban J connectivity index is 6.11. The first kappa shape index (κ1) is 46.5. The van der Waals surface area contributed by atoms with E-state index in [1.807, 2.05) is 0 Å². The van der Waals surface area contributed by atoms with E-state index in [9.17, 15) is 0 Å². The minimum absolute atomic E-state index is 0.863. The molecule has 0 aromatic rings. The van der Waals surface area contributed by atoms with Crippen molar-refractivity contribution in [2.45, 2.75) is 239 Å². The number of hydrogen-bond acceptors (Lipinski definition) is 3.